The summed E-state index contributed by atoms with van der Waals surface area (Å²) >= 11 is 0. The minimum absolute atomic E-state index is 0.000945. The van der Waals surface area contributed by atoms with Gasteiger partial charge in [-0.1, -0.05) is 46.2 Å². The van der Waals surface area contributed by atoms with Crippen molar-refractivity contribution in [1.29, 1.82) is 0 Å². The number of amides is 14. The number of likely N-dealkylation sites (tertiary alicyclic amines) is 4. The molecule has 1 aromatic rings. The molecule has 6 rings (SSSR count). The van der Waals surface area contributed by atoms with Crippen LogP contribution in [0.15, 0.2) is 29.3 Å². The number of guanidine groups is 1. The van der Waals surface area contributed by atoms with Crippen LogP contribution in [0.2, 0.25) is 0 Å². The van der Waals surface area contributed by atoms with E-state index >= 15 is 0 Å². The Balaban J connectivity index is 1.00. The molecule has 576 valence electrons. The zero-order chi connectivity index (χ0) is 76.5. The van der Waals surface area contributed by atoms with Gasteiger partial charge in [0.2, 0.25) is 82.7 Å². The van der Waals surface area contributed by atoms with Gasteiger partial charge in [0.15, 0.2) is 5.96 Å². The Labute approximate surface area is 602 Å². The summed E-state index contributed by atoms with van der Waals surface area (Å²) in [5.41, 5.74) is 11.6. The standard InChI is InChI=1S/C67H104N18O19/c1-6-37(4)54(61(98)80-45(34-86)55(92)74-32-52(90)72-31-51(89)73-33-53(91)76-44(66(103)104)30-39-19-21-40(88)22-20-39)81-60(97)48-16-10-26-83(48)64(101)50-18-12-28-85(50)65(102)49-17-11-27-84(49)62(99)38(5)75-59(96)47-15-9-25-82(47)63(100)42(14-8-24-71-67(68)69)77-57(94)43(29-36(2)3)78-58(95)46(35-87)79-56(93)41-13-7-23-70-41/h19-22,36-38,41-50,54,70,86-88H,6-18,23-35H2,1-5H3,(H,72,90)(H,73,89)(H,74,92)(H,75,96)(H,76,91)(H,77,94)(H,78,95)(H,79,93)(H,80,98)(H,81,97)(H,103,104)(H4,68,69,71)/t37-,38-,41-,42-,43-,44-,45-,46-,47-,48-,49-,50-,54-/m0/s1. The molecular formula is C67H104N18O19. The van der Waals surface area contributed by atoms with Crippen molar-refractivity contribution in [1.82, 2.24) is 78.1 Å². The highest BCUT2D eigenvalue weighted by molar-refractivity contribution is 6.00. The maximum absolute atomic E-state index is 14.7. The van der Waals surface area contributed by atoms with E-state index in [2.05, 4.69) is 63.5 Å². The van der Waals surface area contributed by atoms with Gasteiger partial charge in [-0.05, 0) is 126 Å². The molecule has 14 amide bonds. The van der Waals surface area contributed by atoms with Gasteiger partial charge in [0.1, 0.15) is 72.2 Å². The number of aromatic hydroxyl groups is 1. The summed E-state index contributed by atoms with van der Waals surface area (Å²) in [5.74, 6) is -12.4. The number of nitrogens with two attached hydrogens (primary N) is 2. The van der Waals surface area contributed by atoms with E-state index in [1.165, 1.54) is 50.8 Å². The monoisotopic (exact) mass is 1460 g/mol. The van der Waals surface area contributed by atoms with Crippen LogP contribution >= 0.6 is 0 Å². The van der Waals surface area contributed by atoms with Crippen molar-refractivity contribution in [2.24, 2.45) is 28.3 Å². The molecule has 0 bridgehead atoms. The minimum Gasteiger partial charge on any atom is -0.508 e. The Kier molecular flexibility index (Phi) is 32.2. The van der Waals surface area contributed by atoms with Gasteiger partial charge in [-0.25, -0.2) is 4.79 Å². The molecule has 0 unspecified atom stereocenters. The van der Waals surface area contributed by atoms with E-state index in [1.54, 1.807) is 13.8 Å². The van der Waals surface area contributed by atoms with Crippen molar-refractivity contribution in [2.45, 2.75) is 203 Å². The third-order valence-corrected chi connectivity index (χ3v) is 19.1. The predicted molar refractivity (Wildman–Crippen MR) is 371 cm³/mol. The number of aliphatic imine (C=N–C) groups is 1. The van der Waals surface area contributed by atoms with Crippen molar-refractivity contribution in [3.05, 3.63) is 29.8 Å². The topological polar surface area (TPSA) is 547 Å². The first-order valence-corrected chi connectivity index (χ1v) is 35.6. The summed E-state index contributed by atoms with van der Waals surface area (Å²) in [4.78, 5) is 213. The normalized spacial score (nSPS) is 20.8. The highest BCUT2D eigenvalue weighted by Crippen LogP contribution is 2.30. The fourth-order valence-electron chi connectivity index (χ4n) is 13.3. The lowest BCUT2D eigenvalue weighted by molar-refractivity contribution is -0.151. The third kappa shape index (κ3) is 23.9. The van der Waals surface area contributed by atoms with E-state index < -0.39 is 200 Å². The van der Waals surface area contributed by atoms with Crippen molar-refractivity contribution in [3.8, 4) is 5.75 Å². The number of rotatable bonds is 37. The number of phenols is 1. The van der Waals surface area contributed by atoms with Gasteiger partial charge in [0.25, 0.3) is 0 Å². The molecule has 5 heterocycles. The number of benzene rings is 1. The van der Waals surface area contributed by atoms with Gasteiger partial charge in [0, 0.05) is 39.1 Å². The molecule has 5 saturated heterocycles. The van der Waals surface area contributed by atoms with Crippen LogP contribution in [-0.2, 0) is 78.3 Å². The van der Waals surface area contributed by atoms with E-state index in [9.17, 15) is 92.3 Å². The molecule has 37 heteroatoms. The Morgan fingerprint density at radius 2 is 1.04 bits per heavy atom. The second-order valence-electron chi connectivity index (χ2n) is 27.3. The van der Waals surface area contributed by atoms with Gasteiger partial charge in [-0.15, -0.1) is 0 Å². The Morgan fingerprint density at radius 1 is 0.538 bits per heavy atom. The summed E-state index contributed by atoms with van der Waals surface area (Å²) in [7, 11) is 0. The number of aliphatic hydroxyl groups is 2. The van der Waals surface area contributed by atoms with Crippen LogP contribution in [-0.4, -0.2) is 279 Å². The Bertz CT molecular complexity index is 3280. The molecule has 1 aromatic carbocycles. The van der Waals surface area contributed by atoms with Crippen LogP contribution in [0.4, 0.5) is 0 Å². The second kappa shape index (κ2) is 40.3. The van der Waals surface area contributed by atoms with Crippen LogP contribution in [0, 0.1) is 11.8 Å². The molecule has 5 fully saturated rings. The van der Waals surface area contributed by atoms with Crippen LogP contribution in [0.3, 0.4) is 0 Å². The number of carbonyl (C=O) groups is 15. The fourth-order valence-corrected chi connectivity index (χ4v) is 13.3. The average Bonchev–Trinajstić information content (AvgIpc) is 1.62. The highest BCUT2D eigenvalue weighted by atomic mass is 16.4. The molecule has 37 nitrogen and oxygen atoms in total. The molecule has 13 atom stereocenters. The summed E-state index contributed by atoms with van der Waals surface area (Å²) in [6.07, 6.45) is 4.28. The zero-order valence-electron chi connectivity index (χ0n) is 59.6. The van der Waals surface area contributed by atoms with Gasteiger partial charge in [-0.2, -0.15) is 0 Å². The number of carboxylic acid groups (broad SMARTS) is 1. The number of hydrogen-bond acceptors (Lipinski definition) is 20. The second-order valence-corrected chi connectivity index (χ2v) is 27.3. The predicted octanol–water partition coefficient (Wildman–Crippen LogP) is -6.37. The molecule has 19 N–H and O–H groups in total. The highest BCUT2D eigenvalue weighted by Gasteiger charge is 2.48. The molecule has 0 radical (unpaired) electrons. The smallest absolute Gasteiger partial charge is 0.326 e. The molecule has 0 spiro atoms. The first-order chi connectivity index (χ1) is 49.5. The van der Waals surface area contributed by atoms with Crippen molar-refractivity contribution in [3.63, 3.8) is 0 Å². The number of nitrogens with zero attached hydrogens (tertiary/aromatic N) is 5. The first-order valence-electron chi connectivity index (χ1n) is 35.6. The van der Waals surface area contributed by atoms with E-state index in [0.29, 0.717) is 50.6 Å². The van der Waals surface area contributed by atoms with Crippen LogP contribution < -0.4 is 70.0 Å². The van der Waals surface area contributed by atoms with Gasteiger partial charge in [-0.3, -0.25) is 72.1 Å². The fraction of sp³-hybridized carbons (Fsp3) is 0.672. The van der Waals surface area contributed by atoms with Gasteiger partial charge >= 0.3 is 5.97 Å². The number of nitrogens with one attached hydrogen (secondary N) is 11. The zero-order valence-corrected chi connectivity index (χ0v) is 59.6. The SMILES string of the molecule is CC[C@H](C)[C@H](NC(=O)[C@@H]1CCCN1C(=O)[C@@H]1CCCN1C(=O)[C@@H]1CCCN1C(=O)[C@H](C)NC(=O)[C@@H]1CCCN1C(=O)[C@H](CCCN=C(N)N)NC(=O)[C@H](CC(C)C)NC(=O)[C@H](CO)NC(=O)[C@@H]1CCCN1)C(=O)N[C@@H](CO)C(=O)NCC(=O)NCC(=O)NCC(=O)N[C@@H](Cc1ccc(O)cc1)C(=O)O. The summed E-state index contributed by atoms with van der Waals surface area (Å²) in [6.45, 7) is 5.97. The number of phenolic OH excluding ortho intramolecular Hbond substituents is 1. The largest absolute Gasteiger partial charge is 0.508 e. The maximum Gasteiger partial charge on any atom is 0.326 e. The quantitative estimate of drug-likeness (QED) is 0.0167. The van der Waals surface area contributed by atoms with Crippen LogP contribution in [0.5, 0.6) is 5.75 Å². The number of aliphatic hydroxyl groups excluding tert-OH is 2. The molecular weight excluding hydrogens is 1360 g/mol. The first kappa shape index (κ1) is 83.2. The maximum atomic E-state index is 14.7. The number of carboxylic acids is 1. The summed E-state index contributed by atoms with van der Waals surface area (Å²) < 4.78 is 0. The number of hydrogen-bond donors (Lipinski definition) is 17. The summed E-state index contributed by atoms with van der Waals surface area (Å²) in [5, 5.41) is 67.1. The van der Waals surface area contributed by atoms with E-state index in [-0.39, 0.29) is 102 Å². The number of carbonyl (C=O) groups excluding carboxylic acids is 14. The van der Waals surface area contributed by atoms with Gasteiger partial charge in [0.05, 0.1) is 38.9 Å². The van der Waals surface area contributed by atoms with E-state index in [1.807, 2.05) is 13.8 Å². The van der Waals surface area contributed by atoms with Crippen molar-refractivity contribution < 1.29 is 92.3 Å². The Hall–Kier alpha value is -9.78. The van der Waals surface area contributed by atoms with Crippen molar-refractivity contribution >= 4 is 94.6 Å². The average molecular weight is 1470 g/mol. The van der Waals surface area contributed by atoms with Crippen molar-refractivity contribution in [2.75, 3.05) is 72.1 Å². The molecule has 0 aromatic heterocycles. The molecule has 0 saturated carbocycles. The minimum atomic E-state index is -1.63. The number of aliphatic carboxylic acids is 1. The molecule has 5 aliphatic heterocycles. The van der Waals surface area contributed by atoms with E-state index in [4.69, 9.17) is 11.5 Å². The molecule has 0 aliphatic carbocycles. The van der Waals surface area contributed by atoms with Crippen LogP contribution in [0.1, 0.15) is 130 Å². The lowest BCUT2D eigenvalue weighted by atomic mass is 9.97. The molecule has 104 heavy (non-hydrogen) atoms. The molecule has 5 aliphatic rings. The van der Waals surface area contributed by atoms with E-state index in [0.717, 1.165) is 6.42 Å². The van der Waals surface area contributed by atoms with Gasteiger partial charge < -0.3 is 110 Å². The lowest BCUT2D eigenvalue weighted by Gasteiger charge is -2.35. The Morgan fingerprint density at radius 3 is 1.60 bits per heavy atom. The summed E-state index contributed by atoms with van der Waals surface area (Å²) in [6, 6.07) is -8.48. The lowest BCUT2D eigenvalue weighted by Crippen LogP contribution is -2.60. The van der Waals surface area contributed by atoms with Crippen LogP contribution in [0.25, 0.3) is 0 Å². The third-order valence-electron chi connectivity index (χ3n) is 19.1.